The lowest BCUT2D eigenvalue weighted by Crippen LogP contribution is -2.31. The molecule has 0 saturated carbocycles. The molecule has 0 spiro atoms. The summed E-state index contributed by atoms with van der Waals surface area (Å²) in [7, 11) is 0. The fourth-order valence-corrected chi connectivity index (χ4v) is 2.66. The number of aliphatic hydroxyl groups excluding tert-OH is 1. The van der Waals surface area contributed by atoms with Gasteiger partial charge in [0.15, 0.2) is 0 Å². The van der Waals surface area contributed by atoms with Gasteiger partial charge in [-0.1, -0.05) is 18.2 Å². The van der Waals surface area contributed by atoms with Crippen LogP contribution in [-0.4, -0.2) is 40.3 Å². The highest BCUT2D eigenvalue weighted by atomic mass is 16.3. The Balaban J connectivity index is 1.77. The molecule has 0 bridgehead atoms. The predicted octanol–water partition coefficient (Wildman–Crippen LogP) is 1.68. The fourth-order valence-electron chi connectivity index (χ4n) is 2.66. The minimum atomic E-state index is -0.0843. The van der Waals surface area contributed by atoms with E-state index in [1.165, 1.54) is 0 Å². The summed E-state index contributed by atoms with van der Waals surface area (Å²) >= 11 is 0. The lowest BCUT2D eigenvalue weighted by molar-refractivity contribution is -0.114. The first kappa shape index (κ1) is 13.7. The van der Waals surface area contributed by atoms with Crippen molar-refractivity contribution in [1.82, 2.24) is 9.58 Å². The van der Waals surface area contributed by atoms with Crippen LogP contribution < -0.4 is 5.43 Å². The monoisotopic (exact) mass is 285 g/mol. The number of β-amino-alcohol motifs (C(OH)–C–C–N with tert-alkyl or cyclic N) is 1. The SMILES string of the molecule is O=C(Nn1ccc2ccccc21)C1=CN(CCO)CCC1. The quantitative estimate of drug-likeness (QED) is 0.898. The molecule has 1 aromatic heterocycles. The van der Waals surface area contributed by atoms with Gasteiger partial charge in [-0.25, -0.2) is 0 Å². The van der Waals surface area contributed by atoms with Crippen molar-refractivity contribution in [3.05, 3.63) is 48.3 Å². The van der Waals surface area contributed by atoms with E-state index in [2.05, 4.69) is 5.43 Å². The minimum absolute atomic E-state index is 0.0843. The van der Waals surface area contributed by atoms with E-state index in [-0.39, 0.29) is 12.5 Å². The molecule has 110 valence electrons. The van der Waals surface area contributed by atoms with Gasteiger partial charge in [0.05, 0.1) is 12.1 Å². The Morgan fingerprint density at radius 2 is 2.14 bits per heavy atom. The number of nitrogens with zero attached hydrogens (tertiary/aromatic N) is 2. The van der Waals surface area contributed by atoms with Crippen molar-refractivity contribution in [2.45, 2.75) is 12.8 Å². The number of hydrogen-bond donors (Lipinski definition) is 2. The number of para-hydroxylation sites is 1. The second-order valence-electron chi connectivity index (χ2n) is 5.20. The molecule has 21 heavy (non-hydrogen) atoms. The Labute approximate surface area is 123 Å². The first-order chi connectivity index (χ1) is 10.3. The molecule has 2 heterocycles. The maximum atomic E-state index is 12.4. The number of aliphatic hydroxyl groups is 1. The summed E-state index contributed by atoms with van der Waals surface area (Å²) in [5.41, 5.74) is 4.66. The van der Waals surface area contributed by atoms with Crippen molar-refractivity contribution >= 4 is 16.8 Å². The summed E-state index contributed by atoms with van der Waals surface area (Å²) in [6, 6.07) is 9.89. The second kappa shape index (κ2) is 6.01. The molecule has 3 rings (SSSR count). The van der Waals surface area contributed by atoms with Crippen LogP contribution in [0.2, 0.25) is 0 Å². The van der Waals surface area contributed by atoms with E-state index in [0.717, 1.165) is 35.9 Å². The zero-order valence-corrected chi connectivity index (χ0v) is 11.8. The average molecular weight is 285 g/mol. The number of amides is 1. The van der Waals surface area contributed by atoms with Gasteiger partial charge in [0.2, 0.25) is 0 Å². The van der Waals surface area contributed by atoms with Crippen LogP contribution in [0.4, 0.5) is 0 Å². The largest absolute Gasteiger partial charge is 0.395 e. The number of aromatic nitrogens is 1. The maximum Gasteiger partial charge on any atom is 0.267 e. The lowest BCUT2D eigenvalue weighted by Gasteiger charge is -2.25. The summed E-state index contributed by atoms with van der Waals surface area (Å²) in [4.78, 5) is 14.4. The fraction of sp³-hybridized carbons (Fsp3) is 0.312. The smallest absolute Gasteiger partial charge is 0.267 e. The van der Waals surface area contributed by atoms with Gasteiger partial charge in [-0.3, -0.25) is 14.9 Å². The highest BCUT2D eigenvalue weighted by Gasteiger charge is 2.16. The maximum absolute atomic E-state index is 12.4. The standard InChI is InChI=1S/C16H19N3O2/c20-11-10-18-8-3-5-14(12-18)16(21)17-19-9-7-13-4-1-2-6-15(13)19/h1-2,4,6-7,9,12,20H,3,5,8,10-11H2,(H,17,21). The molecule has 0 aliphatic carbocycles. The van der Waals surface area contributed by atoms with Crippen LogP contribution in [-0.2, 0) is 4.79 Å². The normalized spacial score (nSPS) is 15.1. The van der Waals surface area contributed by atoms with E-state index in [0.29, 0.717) is 6.54 Å². The Hall–Kier alpha value is -2.27. The third kappa shape index (κ3) is 2.92. The molecule has 0 fully saturated rings. The molecular weight excluding hydrogens is 266 g/mol. The molecule has 0 atom stereocenters. The molecule has 2 aromatic rings. The van der Waals surface area contributed by atoms with Gasteiger partial charge in [0.1, 0.15) is 0 Å². The van der Waals surface area contributed by atoms with E-state index in [1.54, 1.807) is 4.68 Å². The summed E-state index contributed by atoms with van der Waals surface area (Å²) < 4.78 is 1.75. The number of carbonyl (C=O) groups is 1. The summed E-state index contributed by atoms with van der Waals surface area (Å²) in [6.07, 6.45) is 5.43. The highest BCUT2D eigenvalue weighted by molar-refractivity contribution is 6.00. The van der Waals surface area contributed by atoms with Gasteiger partial charge in [0, 0.05) is 36.4 Å². The average Bonchev–Trinajstić information content (AvgIpc) is 2.91. The van der Waals surface area contributed by atoms with Crippen molar-refractivity contribution in [3.63, 3.8) is 0 Å². The zero-order valence-electron chi connectivity index (χ0n) is 11.8. The molecule has 0 radical (unpaired) electrons. The topological polar surface area (TPSA) is 57.5 Å². The van der Waals surface area contributed by atoms with Gasteiger partial charge in [-0.15, -0.1) is 0 Å². The summed E-state index contributed by atoms with van der Waals surface area (Å²) in [6.45, 7) is 1.57. The molecule has 2 N–H and O–H groups in total. The predicted molar refractivity (Wildman–Crippen MR) is 82.3 cm³/mol. The number of hydrogen-bond acceptors (Lipinski definition) is 3. The number of benzene rings is 1. The molecule has 0 saturated heterocycles. The van der Waals surface area contributed by atoms with Crippen LogP contribution in [0.5, 0.6) is 0 Å². The van der Waals surface area contributed by atoms with Gasteiger partial charge in [0.25, 0.3) is 5.91 Å². The van der Waals surface area contributed by atoms with E-state index >= 15 is 0 Å². The van der Waals surface area contributed by atoms with E-state index < -0.39 is 0 Å². The van der Waals surface area contributed by atoms with Crippen LogP contribution in [0.15, 0.2) is 48.3 Å². The van der Waals surface area contributed by atoms with Gasteiger partial charge in [-0.2, -0.15) is 0 Å². The number of nitrogens with one attached hydrogen (secondary N) is 1. The van der Waals surface area contributed by atoms with Crippen molar-refractivity contribution in [1.29, 1.82) is 0 Å². The Morgan fingerprint density at radius 1 is 1.29 bits per heavy atom. The number of carbonyl (C=O) groups excluding carboxylic acids is 1. The summed E-state index contributed by atoms with van der Waals surface area (Å²) in [5, 5.41) is 10.1. The van der Waals surface area contributed by atoms with Crippen molar-refractivity contribution in [2.75, 3.05) is 25.1 Å². The van der Waals surface area contributed by atoms with Crippen molar-refractivity contribution < 1.29 is 9.90 Å². The lowest BCUT2D eigenvalue weighted by atomic mass is 10.1. The molecule has 1 aliphatic rings. The molecule has 1 amide bonds. The Kier molecular flexibility index (Phi) is 3.92. The first-order valence-corrected chi connectivity index (χ1v) is 7.21. The minimum Gasteiger partial charge on any atom is -0.395 e. The number of fused-ring (bicyclic) bond motifs is 1. The van der Waals surface area contributed by atoms with Gasteiger partial charge >= 0.3 is 0 Å². The highest BCUT2D eigenvalue weighted by Crippen LogP contribution is 2.17. The molecular formula is C16H19N3O2. The number of rotatable bonds is 4. The second-order valence-corrected chi connectivity index (χ2v) is 5.20. The van der Waals surface area contributed by atoms with E-state index in [9.17, 15) is 4.79 Å². The Morgan fingerprint density at radius 3 is 3.00 bits per heavy atom. The third-order valence-electron chi connectivity index (χ3n) is 3.73. The third-order valence-corrected chi connectivity index (χ3v) is 3.73. The van der Waals surface area contributed by atoms with Crippen LogP contribution in [0.1, 0.15) is 12.8 Å². The first-order valence-electron chi connectivity index (χ1n) is 7.21. The van der Waals surface area contributed by atoms with Crippen molar-refractivity contribution in [3.8, 4) is 0 Å². The van der Waals surface area contributed by atoms with Crippen LogP contribution in [0.25, 0.3) is 10.9 Å². The molecule has 1 aromatic carbocycles. The molecule has 5 nitrogen and oxygen atoms in total. The van der Waals surface area contributed by atoms with Crippen LogP contribution in [0, 0.1) is 0 Å². The van der Waals surface area contributed by atoms with Gasteiger partial charge in [-0.05, 0) is 25.0 Å². The summed E-state index contributed by atoms with van der Waals surface area (Å²) in [5.74, 6) is -0.0843. The van der Waals surface area contributed by atoms with Crippen LogP contribution >= 0.6 is 0 Å². The molecule has 5 heteroatoms. The zero-order chi connectivity index (χ0) is 14.7. The van der Waals surface area contributed by atoms with Gasteiger partial charge < -0.3 is 10.0 Å². The van der Waals surface area contributed by atoms with E-state index in [4.69, 9.17) is 5.11 Å². The van der Waals surface area contributed by atoms with Crippen LogP contribution in [0.3, 0.4) is 0 Å². The van der Waals surface area contributed by atoms with Crippen molar-refractivity contribution in [2.24, 2.45) is 0 Å². The van der Waals surface area contributed by atoms with E-state index in [1.807, 2.05) is 47.6 Å². The Bertz CT molecular complexity index is 675. The molecule has 1 aliphatic heterocycles. The molecule has 0 unspecified atom stereocenters.